The number of ether oxygens (including phenoxy) is 2. The van der Waals surface area contributed by atoms with Gasteiger partial charge in [0.1, 0.15) is 23.4 Å². The monoisotopic (exact) mass is 451 g/mol. The maximum absolute atomic E-state index is 11.4. The third-order valence-electron chi connectivity index (χ3n) is 5.50. The highest BCUT2D eigenvalue weighted by molar-refractivity contribution is 6.38. The Morgan fingerprint density at radius 3 is 2.53 bits per heavy atom. The Kier molecular flexibility index (Phi) is 5.33. The van der Waals surface area contributed by atoms with Crippen LogP contribution in [-0.2, 0) is 19.9 Å². The van der Waals surface area contributed by atoms with E-state index in [-0.39, 0.29) is 11.6 Å². The summed E-state index contributed by atoms with van der Waals surface area (Å²) in [6.45, 7) is 0. The Morgan fingerprint density at radius 1 is 1.27 bits per heavy atom. The number of nitro groups is 1. The molecule has 158 valence electrons. The van der Waals surface area contributed by atoms with Gasteiger partial charge in [0.05, 0.1) is 29.2 Å². The number of methoxy groups -OCH3 is 2. The van der Waals surface area contributed by atoms with Crippen molar-refractivity contribution in [1.82, 2.24) is 20.0 Å². The van der Waals surface area contributed by atoms with E-state index in [2.05, 4.69) is 15.3 Å². The van der Waals surface area contributed by atoms with Crippen molar-refractivity contribution in [3.8, 4) is 22.9 Å². The molecule has 1 atom stereocenters. The Morgan fingerprint density at radius 2 is 1.93 bits per heavy atom. The van der Waals surface area contributed by atoms with Gasteiger partial charge in [0, 0.05) is 29.9 Å². The molecular formula is C19H19Cl2N5O4. The molecule has 2 aromatic heterocycles. The summed E-state index contributed by atoms with van der Waals surface area (Å²) < 4.78 is 12.2. The predicted molar refractivity (Wildman–Crippen MR) is 112 cm³/mol. The highest BCUT2D eigenvalue weighted by Gasteiger charge is 2.33. The summed E-state index contributed by atoms with van der Waals surface area (Å²) in [5.74, 6) is 1.00. The Labute approximate surface area is 182 Å². The molecule has 1 aliphatic carbocycles. The van der Waals surface area contributed by atoms with E-state index in [0.717, 1.165) is 23.2 Å². The molecule has 0 spiro atoms. The lowest BCUT2D eigenvalue weighted by Crippen LogP contribution is -2.14. The number of H-pyrrole nitrogens is 1. The number of nitrogens with one attached hydrogen (secondary N) is 1. The molecule has 1 aliphatic rings. The molecule has 1 N–H and O–H groups in total. The van der Waals surface area contributed by atoms with Gasteiger partial charge in [-0.2, -0.15) is 10.2 Å². The second kappa shape index (κ2) is 7.81. The average molecular weight is 452 g/mol. The number of fused-ring (bicyclic) bond motifs is 1. The van der Waals surface area contributed by atoms with Crippen molar-refractivity contribution in [3.63, 3.8) is 0 Å². The molecule has 1 unspecified atom stereocenters. The van der Waals surface area contributed by atoms with Gasteiger partial charge in [-0.1, -0.05) is 23.2 Å². The van der Waals surface area contributed by atoms with E-state index < -0.39 is 4.92 Å². The minimum absolute atomic E-state index is 0.0105. The molecule has 0 amide bonds. The molecule has 3 aromatic rings. The van der Waals surface area contributed by atoms with Crippen LogP contribution in [0.2, 0.25) is 10.0 Å². The van der Waals surface area contributed by atoms with Crippen LogP contribution in [0.4, 0.5) is 5.69 Å². The van der Waals surface area contributed by atoms with Gasteiger partial charge in [0.15, 0.2) is 5.69 Å². The van der Waals surface area contributed by atoms with Crippen LogP contribution in [0.5, 0.6) is 11.5 Å². The molecule has 0 bridgehead atoms. The maximum Gasteiger partial charge on any atom is 0.316 e. The fourth-order valence-electron chi connectivity index (χ4n) is 4.05. The molecule has 11 heteroatoms. The van der Waals surface area contributed by atoms with Gasteiger partial charge in [-0.3, -0.25) is 19.9 Å². The van der Waals surface area contributed by atoms with Crippen molar-refractivity contribution in [1.29, 1.82) is 0 Å². The van der Waals surface area contributed by atoms with Gasteiger partial charge >= 0.3 is 5.69 Å². The number of aryl methyl sites for hydroxylation is 1. The van der Waals surface area contributed by atoms with Crippen LogP contribution in [0.1, 0.15) is 29.2 Å². The second-order valence-electron chi connectivity index (χ2n) is 7.05. The zero-order valence-corrected chi connectivity index (χ0v) is 18.0. The molecule has 0 aliphatic heterocycles. The van der Waals surface area contributed by atoms with Crippen molar-refractivity contribution in [2.24, 2.45) is 7.05 Å². The molecule has 0 radical (unpaired) electrons. The quantitative estimate of drug-likeness (QED) is 0.457. The molecular weight excluding hydrogens is 433 g/mol. The number of halogens is 2. The van der Waals surface area contributed by atoms with Gasteiger partial charge in [-0.05, 0) is 25.2 Å². The fourth-order valence-corrected chi connectivity index (χ4v) is 4.86. The summed E-state index contributed by atoms with van der Waals surface area (Å²) in [7, 11) is 4.75. The van der Waals surface area contributed by atoms with Gasteiger partial charge in [-0.25, -0.2) is 0 Å². The summed E-state index contributed by atoms with van der Waals surface area (Å²) >= 11 is 13.2. The first kappa shape index (κ1) is 20.5. The fraction of sp³-hybridized carbons (Fsp3) is 0.368. The van der Waals surface area contributed by atoms with Crippen LogP contribution in [0.3, 0.4) is 0 Å². The third-order valence-corrected chi connectivity index (χ3v) is 6.28. The minimum atomic E-state index is -0.447. The first-order valence-electron chi connectivity index (χ1n) is 9.20. The Balaban J connectivity index is 1.74. The minimum Gasteiger partial charge on any atom is -0.495 e. The zero-order chi connectivity index (χ0) is 21.6. The van der Waals surface area contributed by atoms with Crippen molar-refractivity contribution in [2.45, 2.75) is 25.2 Å². The van der Waals surface area contributed by atoms with Crippen molar-refractivity contribution >= 4 is 28.9 Å². The number of benzene rings is 1. The lowest BCUT2D eigenvalue weighted by molar-refractivity contribution is -0.384. The van der Waals surface area contributed by atoms with E-state index in [4.69, 9.17) is 32.7 Å². The summed E-state index contributed by atoms with van der Waals surface area (Å²) in [5, 5.41) is 23.8. The van der Waals surface area contributed by atoms with Crippen LogP contribution >= 0.6 is 23.2 Å². The molecule has 30 heavy (non-hydrogen) atoms. The first-order chi connectivity index (χ1) is 14.4. The number of hydrogen-bond acceptors (Lipinski definition) is 6. The molecule has 0 saturated heterocycles. The second-order valence-corrected chi connectivity index (χ2v) is 7.81. The van der Waals surface area contributed by atoms with Gasteiger partial charge < -0.3 is 9.47 Å². The average Bonchev–Trinajstić information content (AvgIpc) is 3.31. The van der Waals surface area contributed by atoms with Crippen LogP contribution in [0, 0.1) is 10.1 Å². The molecule has 0 saturated carbocycles. The van der Waals surface area contributed by atoms with E-state index in [9.17, 15) is 10.1 Å². The Bertz CT molecular complexity index is 1110. The number of rotatable bonds is 5. The van der Waals surface area contributed by atoms with Crippen LogP contribution in [0.25, 0.3) is 11.4 Å². The van der Waals surface area contributed by atoms with Crippen LogP contribution in [0.15, 0.2) is 12.3 Å². The number of aromatic amines is 1. The zero-order valence-electron chi connectivity index (χ0n) is 16.5. The van der Waals surface area contributed by atoms with Gasteiger partial charge in [0.2, 0.25) is 0 Å². The number of nitrogens with zero attached hydrogens (tertiary/aromatic N) is 4. The summed E-state index contributed by atoms with van der Waals surface area (Å²) in [4.78, 5) is 10.9. The van der Waals surface area contributed by atoms with Crippen molar-refractivity contribution < 1.29 is 14.4 Å². The lowest BCUT2D eigenvalue weighted by Gasteiger charge is -2.26. The van der Waals surface area contributed by atoms with E-state index in [1.165, 1.54) is 10.9 Å². The molecule has 2 heterocycles. The third kappa shape index (κ3) is 3.18. The highest BCUT2D eigenvalue weighted by atomic mass is 35.5. The number of hydrogen-bond donors (Lipinski definition) is 1. The summed E-state index contributed by atoms with van der Waals surface area (Å²) in [6, 6.07) is 1.66. The maximum atomic E-state index is 11.4. The van der Waals surface area contributed by atoms with Crippen LogP contribution in [-0.4, -0.2) is 39.1 Å². The largest absolute Gasteiger partial charge is 0.495 e. The highest BCUT2D eigenvalue weighted by Crippen LogP contribution is 2.48. The lowest BCUT2D eigenvalue weighted by atomic mass is 9.82. The van der Waals surface area contributed by atoms with Crippen molar-refractivity contribution in [2.75, 3.05) is 14.2 Å². The predicted octanol–water partition coefficient (Wildman–Crippen LogP) is 4.31. The molecule has 1 aromatic carbocycles. The van der Waals surface area contributed by atoms with E-state index in [0.29, 0.717) is 45.8 Å². The van der Waals surface area contributed by atoms with Crippen molar-refractivity contribution in [3.05, 3.63) is 49.2 Å². The van der Waals surface area contributed by atoms with E-state index in [1.807, 2.05) is 0 Å². The summed E-state index contributed by atoms with van der Waals surface area (Å²) in [6.07, 6.45) is 3.23. The molecule has 4 rings (SSSR count). The van der Waals surface area contributed by atoms with E-state index >= 15 is 0 Å². The summed E-state index contributed by atoms with van der Waals surface area (Å²) in [5.41, 5.74) is 3.47. The van der Waals surface area contributed by atoms with E-state index in [1.54, 1.807) is 27.3 Å². The standard InChI is InChI=1S/C19H19Cl2N5O4/c1-25-19(12(8-22-25)26(27)28)18-10-5-4-9(6-11(10)23-24-18)15-16(20)13(29-2)7-14(30-3)17(15)21/h7-9H,4-6H2,1-3H3,(H,23,24). The smallest absolute Gasteiger partial charge is 0.316 e. The topological polar surface area (TPSA) is 108 Å². The van der Waals surface area contributed by atoms with Crippen LogP contribution < -0.4 is 9.47 Å². The number of aromatic nitrogens is 4. The normalized spacial score (nSPS) is 15.7. The SMILES string of the molecule is COc1cc(OC)c(Cl)c(C2CCc3c(-c4c([N+](=O)[O-])cnn4C)n[nH]c3C2)c1Cl. The Hall–Kier alpha value is -2.78. The van der Waals surface area contributed by atoms with Gasteiger partial charge in [-0.15, -0.1) is 0 Å². The molecule has 9 nitrogen and oxygen atoms in total. The van der Waals surface area contributed by atoms with Gasteiger partial charge in [0.25, 0.3) is 0 Å². The first-order valence-corrected chi connectivity index (χ1v) is 9.95. The molecule has 0 fully saturated rings.